The van der Waals surface area contributed by atoms with Crippen LogP contribution in [-0.2, 0) is 9.84 Å². The van der Waals surface area contributed by atoms with Crippen molar-refractivity contribution in [2.24, 2.45) is 0 Å². The predicted molar refractivity (Wildman–Crippen MR) is 90.3 cm³/mol. The summed E-state index contributed by atoms with van der Waals surface area (Å²) in [6.07, 6.45) is 1.37. The molecule has 0 unspecified atom stereocenters. The van der Waals surface area contributed by atoms with Crippen molar-refractivity contribution in [2.75, 3.05) is 0 Å². The second-order valence-electron chi connectivity index (χ2n) is 4.82. The van der Waals surface area contributed by atoms with Gasteiger partial charge in [0.15, 0.2) is 0 Å². The van der Waals surface area contributed by atoms with E-state index >= 15 is 0 Å². The topological polar surface area (TPSA) is 90.2 Å². The molecule has 24 heavy (non-hydrogen) atoms. The number of hydrogen-bond acceptors (Lipinski definition) is 5. The van der Waals surface area contributed by atoms with Crippen molar-refractivity contribution < 1.29 is 13.3 Å². The molecule has 0 spiro atoms. The number of benzene rings is 2. The molecule has 1 heterocycles. The molecule has 0 saturated heterocycles. The molecule has 3 rings (SSSR count). The molecule has 1 aromatic heterocycles. The van der Waals surface area contributed by atoms with Crippen LogP contribution in [0.1, 0.15) is 0 Å². The summed E-state index contributed by atoms with van der Waals surface area (Å²) in [7, 11) is -4.06. The van der Waals surface area contributed by atoms with Crippen molar-refractivity contribution in [2.45, 2.75) is 9.79 Å². The van der Waals surface area contributed by atoms with Crippen LogP contribution in [0.5, 0.6) is 0 Å². The average molecular weight is 383 g/mol. The van der Waals surface area contributed by atoms with Gasteiger partial charge in [-0.2, -0.15) is 0 Å². The van der Waals surface area contributed by atoms with Crippen LogP contribution in [0, 0.1) is 10.1 Å². The normalized spacial score (nSPS) is 11.6. The van der Waals surface area contributed by atoms with Gasteiger partial charge in [-0.15, -0.1) is 0 Å². The van der Waals surface area contributed by atoms with Crippen LogP contribution in [0.2, 0.25) is 10.0 Å². The van der Waals surface area contributed by atoms with Crippen LogP contribution in [0.15, 0.2) is 58.5 Å². The maximum atomic E-state index is 12.9. The Morgan fingerprint density at radius 2 is 1.79 bits per heavy atom. The van der Waals surface area contributed by atoms with E-state index in [0.29, 0.717) is 0 Å². The first-order valence-corrected chi connectivity index (χ1v) is 8.78. The smallest absolute Gasteiger partial charge is 0.258 e. The summed E-state index contributed by atoms with van der Waals surface area (Å²) in [5.74, 6) is 0. The summed E-state index contributed by atoms with van der Waals surface area (Å²) >= 11 is 11.9. The Labute approximate surface area is 146 Å². The number of nitrogens with zero attached hydrogens (tertiary/aromatic N) is 2. The van der Waals surface area contributed by atoms with Gasteiger partial charge in [-0.05, 0) is 36.4 Å². The van der Waals surface area contributed by atoms with Crippen LogP contribution >= 0.6 is 23.2 Å². The minimum Gasteiger partial charge on any atom is -0.258 e. The lowest BCUT2D eigenvalue weighted by atomic mass is 10.2. The number of rotatable bonds is 3. The van der Waals surface area contributed by atoms with Gasteiger partial charge >= 0.3 is 0 Å². The molecule has 0 saturated carbocycles. The number of sulfone groups is 1. The van der Waals surface area contributed by atoms with Crippen molar-refractivity contribution >= 4 is 49.6 Å². The third kappa shape index (κ3) is 2.71. The lowest BCUT2D eigenvalue weighted by Gasteiger charge is -2.09. The van der Waals surface area contributed by atoms with Crippen molar-refractivity contribution in [1.29, 1.82) is 0 Å². The van der Waals surface area contributed by atoms with E-state index < -0.39 is 14.8 Å². The molecule has 0 amide bonds. The molecule has 0 N–H and O–H groups in total. The third-order valence-corrected chi connectivity index (χ3v) is 5.88. The van der Waals surface area contributed by atoms with Crippen LogP contribution in [0.25, 0.3) is 10.9 Å². The largest absolute Gasteiger partial charge is 0.278 e. The summed E-state index contributed by atoms with van der Waals surface area (Å²) in [5, 5.41) is 11.5. The van der Waals surface area contributed by atoms with E-state index in [1.165, 1.54) is 36.5 Å². The summed E-state index contributed by atoms with van der Waals surface area (Å²) < 4.78 is 25.9. The Kier molecular flexibility index (Phi) is 4.16. The molecule has 2 aromatic carbocycles. The van der Waals surface area contributed by atoms with Gasteiger partial charge in [-0.25, -0.2) is 8.42 Å². The quantitative estimate of drug-likeness (QED) is 0.497. The number of halogens is 2. The maximum absolute atomic E-state index is 12.9. The maximum Gasteiger partial charge on any atom is 0.278 e. The number of nitro groups is 1. The van der Waals surface area contributed by atoms with E-state index in [9.17, 15) is 18.5 Å². The van der Waals surface area contributed by atoms with E-state index in [2.05, 4.69) is 4.98 Å². The van der Waals surface area contributed by atoms with Crippen LogP contribution in [0.3, 0.4) is 0 Å². The molecule has 0 atom stereocenters. The number of fused-ring (bicyclic) bond motifs is 1. The average Bonchev–Trinajstić information content (AvgIpc) is 2.55. The van der Waals surface area contributed by atoms with Crippen molar-refractivity contribution in [1.82, 2.24) is 4.98 Å². The molecule has 0 aliphatic carbocycles. The van der Waals surface area contributed by atoms with Crippen LogP contribution in [-0.4, -0.2) is 18.3 Å². The predicted octanol–water partition coefficient (Wildman–Crippen LogP) is 4.28. The molecule has 0 radical (unpaired) electrons. The molecule has 0 aliphatic heterocycles. The Hall–Kier alpha value is -2.22. The molecule has 0 bridgehead atoms. The van der Waals surface area contributed by atoms with Gasteiger partial charge in [-0.1, -0.05) is 23.2 Å². The van der Waals surface area contributed by atoms with Gasteiger partial charge in [0.1, 0.15) is 0 Å². The second kappa shape index (κ2) is 6.01. The van der Waals surface area contributed by atoms with Crippen LogP contribution in [0.4, 0.5) is 5.69 Å². The zero-order valence-electron chi connectivity index (χ0n) is 11.8. The summed E-state index contributed by atoms with van der Waals surface area (Å²) in [6.45, 7) is 0. The van der Waals surface area contributed by atoms with E-state index in [1.54, 1.807) is 0 Å². The van der Waals surface area contributed by atoms with Gasteiger partial charge in [-0.3, -0.25) is 15.1 Å². The molecule has 122 valence electrons. The number of aromatic nitrogens is 1. The number of pyridine rings is 1. The van der Waals surface area contributed by atoms with E-state index in [-0.39, 0.29) is 36.4 Å². The van der Waals surface area contributed by atoms with E-state index in [4.69, 9.17) is 23.2 Å². The summed E-state index contributed by atoms with van der Waals surface area (Å²) in [5.41, 5.74) is -0.225. The second-order valence-corrected chi connectivity index (χ2v) is 7.55. The van der Waals surface area contributed by atoms with Gasteiger partial charge in [0.2, 0.25) is 9.84 Å². The Morgan fingerprint density at radius 3 is 2.50 bits per heavy atom. The molecule has 9 heteroatoms. The van der Waals surface area contributed by atoms with Crippen LogP contribution < -0.4 is 0 Å². The third-order valence-electron chi connectivity index (χ3n) is 3.38. The molecule has 0 aliphatic rings. The molecule has 6 nitrogen and oxygen atoms in total. The highest BCUT2D eigenvalue weighted by Gasteiger charge is 2.27. The van der Waals surface area contributed by atoms with Gasteiger partial charge < -0.3 is 0 Å². The standard InChI is InChI=1S/C15H8Cl2N2O4S/c16-9-3-4-11(17)14(8-9)24(22,23)13-6-5-12(19(20)21)10-2-1-7-18-15(10)13/h1-8H. The van der Waals surface area contributed by atoms with Crippen molar-refractivity contribution in [3.8, 4) is 0 Å². The van der Waals surface area contributed by atoms with Crippen molar-refractivity contribution in [3.05, 3.63) is 68.8 Å². The highest BCUT2D eigenvalue weighted by Crippen LogP contribution is 2.35. The van der Waals surface area contributed by atoms with Gasteiger partial charge in [0.05, 0.1) is 30.6 Å². The first-order chi connectivity index (χ1) is 11.3. The van der Waals surface area contributed by atoms with Gasteiger partial charge in [0.25, 0.3) is 5.69 Å². The zero-order valence-corrected chi connectivity index (χ0v) is 14.1. The fourth-order valence-electron chi connectivity index (χ4n) is 2.31. The lowest BCUT2D eigenvalue weighted by molar-refractivity contribution is -0.383. The zero-order chi connectivity index (χ0) is 17.5. The Morgan fingerprint density at radius 1 is 1.04 bits per heavy atom. The Balaban J connectivity index is 2.36. The lowest BCUT2D eigenvalue weighted by Crippen LogP contribution is -2.05. The minimum absolute atomic E-state index is 0.00170. The Bertz CT molecular complexity index is 1080. The molecular formula is C15H8Cl2N2O4S. The highest BCUT2D eigenvalue weighted by molar-refractivity contribution is 7.91. The fraction of sp³-hybridized carbons (Fsp3) is 0. The summed E-state index contributed by atoms with van der Waals surface area (Å²) in [4.78, 5) is 14.2. The fourth-order valence-corrected chi connectivity index (χ4v) is 4.48. The summed E-state index contributed by atoms with van der Waals surface area (Å²) in [6, 6.07) is 9.30. The minimum atomic E-state index is -4.06. The molecular weight excluding hydrogens is 375 g/mol. The number of non-ortho nitro benzene ring substituents is 1. The molecule has 3 aromatic rings. The SMILES string of the molecule is O=[N+]([O-])c1ccc(S(=O)(=O)c2cc(Cl)ccc2Cl)c2ncccc12. The monoisotopic (exact) mass is 382 g/mol. The van der Waals surface area contributed by atoms with E-state index in [1.807, 2.05) is 0 Å². The number of hydrogen-bond donors (Lipinski definition) is 0. The molecule has 0 fully saturated rings. The van der Waals surface area contributed by atoms with Gasteiger partial charge in [0, 0.05) is 17.3 Å². The first kappa shape index (κ1) is 16.6. The van der Waals surface area contributed by atoms with Crippen molar-refractivity contribution in [3.63, 3.8) is 0 Å². The number of nitro benzene ring substituents is 1. The first-order valence-electron chi connectivity index (χ1n) is 6.54. The highest BCUT2D eigenvalue weighted by atomic mass is 35.5. The van der Waals surface area contributed by atoms with E-state index in [0.717, 1.165) is 12.1 Å².